The Morgan fingerprint density at radius 1 is 0.313 bits per heavy atom. The van der Waals surface area contributed by atoms with E-state index in [4.69, 9.17) is 4.42 Å². The maximum Gasteiger partial charge on any atom is 0.135 e. The first-order valence-corrected chi connectivity index (χ1v) is 23.1. The van der Waals surface area contributed by atoms with E-state index >= 15 is 0 Å². The monoisotopic (exact) mass is 853 g/mol. The van der Waals surface area contributed by atoms with Crippen LogP contribution in [0.5, 0.6) is 0 Å². The topological polar surface area (TPSA) is 16.4 Å². The summed E-state index contributed by atoms with van der Waals surface area (Å²) >= 11 is 0. The molecule has 0 aliphatic heterocycles. The third-order valence-corrected chi connectivity index (χ3v) is 14.0. The lowest BCUT2D eigenvalue weighted by atomic mass is 9.68. The molecule has 1 heterocycles. The van der Waals surface area contributed by atoms with Gasteiger partial charge in [0.05, 0.1) is 16.8 Å². The van der Waals surface area contributed by atoms with E-state index in [1.165, 1.54) is 60.8 Å². The van der Waals surface area contributed by atoms with Gasteiger partial charge in [-0.05, 0) is 115 Å². The van der Waals surface area contributed by atoms with Crippen molar-refractivity contribution < 1.29 is 4.42 Å². The number of rotatable bonds is 8. The lowest BCUT2D eigenvalue weighted by molar-refractivity contribution is 0.669. The fourth-order valence-corrected chi connectivity index (χ4v) is 10.9. The summed E-state index contributed by atoms with van der Waals surface area (Å²) in [7, 11) is 0. The highest BCUT2D eigenvalue weighted by atomic mass is 16.3. The zero-order chi connectivity index (χ0) is 44.3. The van der Waals surface area contributed by atoms with E-state index in [9.17, 15) is 0 Å². The molecule has 2 heteroatoms. The van der Waals surface area contributed by atoms with E-state index < -0.39 is 5.41 Å². The van der Waals surface area contributed by atoms with Gasteiger partial charge in [-0.25, -0.2) is 0 Å². The summed E-state index contributed by atoms with van der Waals surface area (Å²) < 4.78 is 6.32. The van der Waals surface area contributed by atoms with Crippen LogP contribution in [0.3, 0.4) is 0 Å². The molecule has 0 bridgehead atoms. The molecule has 0 saturated carbocycles. The van der Waals surface area contributed by atoms with Gasteiger partial charge >= 0.3 is 0 Å². The van der Waals surface area contributed by atoms with E-state index in [-0.39, 0.29) is 0 Å². The molecule has 0 fully saturated rings. The molecule has 0 saturated heterocycles. The molecule has 1 aliphatic rings. The van der Waals surface area contributed by atoms with E-state index in [1.807, 2.05) is 12.1 Å². The Morgan fingerprint density at radius 3 is 1.61 bits per heavy atom. The number of benzene rings is 11. The van der Waals surface area contributed by atoms with Gasteiger partial charge in [-0.3, -0.25) is 0 Å². The van der Waals surface area contributed by atoms with Crippen molar-refractivity contribution in [1.82, 2.24) is 0 Å². The first-order chi connectivity index (χ1) is 33.2. The van der Waals surface area contributed by atoms with Gasteiger partial charge in [0.2, 0.25) is 0 Å². The summed E-state index contributed by atoms with van der Waals surface area (Å²) in [5.74, 6) is 0. The van der Waals surface area contributed by atoms with Crippen molar-refractivity contribution in [2.45, 2.75) is 5.41 Å². The fraction of sp³-hybridized carbons (Fsp3) is 0.0154. The molecule has 13 rings (SSSR count). The predicted octanol–water partition coefficient (Wildman–Crippen LogP) is 17.6. The number of hydrogen-bond acceptors (Lipinski definition) is 2. The number of nitrogens with zero attached hydrogens (tertiary/aromatic N) is 1. The zero-order valence-corrected chi connectivity index (χ0v) is 36.7. The summed E-state index contributed by atoms with van der Waals surface area (Å²) in [5.41, 5.74) is 19.0. The number of para-hydroxylation sites is 2. The normalized spacial score (nSPS) is 12.6. The maximum absolute atomic E-state index is 6.32. The predicted molar refractivity (Wildman–Crippen MR) is 280 cm³/mol. The van der Waals surface area contributed by atoms with E-state index in [0.29, 0.717) is 0 Å². The SMILES string of the molecule is c1ccc(C2(c3ccccc3)c3ccccc3-c3c(N(c4ccc(-c5ccc(-c6ccc7ccccc7c6)cc5)cc4)c4ccccc4-c4ccc5oc6ccccc6c5c4)cccc32)cc1. The van der Waals surface area contributed by atoms with Crippen LogP contribution in [0.15, 0.2) is 265 Å². The molecule has 12 aromatic rings. The summed E-state index contributed by atoms with van der Waals surface area (Å²) in [6.07, 6.45) is 0. The van der Waals surface area contributed by atoms with Crippen LogP contribution in [0.4, 0.5) is 17.1 Å². The smallest absolute Gasteiger partial charge is 0.135 e. The van der Waals surface area contributed by atoms with E-state index in [2.05, 4.69) is 254 Å². The lowest BCUT2D eigenvalue weighted by Gasteiger charge is -2.34. The molecule has 314 valence electrons. The van der Waals surface area contributed by atoms with Gasteiger partial charge in [-0.15, -0.1) is 0 Å². The highest BCUT2D eigenvalue weighted by molar-refractivity contribution is 6.07. The molecule has 0 atom stereocenters. The summed E-state index contributed by atoms with van der Waals surface area (Å²) in [6, 6.07) is 95.2. The van der Waals surface area contributed by atoms with Gasteiger partial charge in [0.15, 0.2) is 0 Å². The van der Waals surface area contributed by atoms with Crippen LogP contribution in [0, 0.1) is 0 Å². The summed E-state index contributed by atoms with van der Waals surface area (Å²) in [6.45, 7) is 0. The standard InChI is InChI=1S/C65H43NO/c1-3-18-51(19-4-1)65(52-20-5-2-6-21-52)58-25-12-9-24-56(58)64-59(65)26-15-28-61(64)66(60-27-13-10-22-54(60)50-38-41-63-57(43-50)55-23-11-14-29-62(55)67-63)53-39-36-46(37-40-53)45-30-32-47(33-31-45)49-35-34-44-16-7-8-17-48(44)42-49/h1-43H. The third kappa shape index (κ3) is 6.26. The lowest BCUT2D eigenvalue weighted by Crippen LogP contribution is -2.28. The Kier molecular flexibility index (Phi) is 9.11. The van der Waals surface area contributed by atoms with E-state index in [0.717, 1.165) is 55.7 Å². The third-order valence-electron chi connectivity index (χ3n) is 14.0. The minimum Gasteiger partial charge on any atom is -0.456 e. The second kappa shape index (κ2) is 15.8. The second-order valence-electron chi connectivity index (χ2n) is 17.6. The molecule has 2 nitrogen and oxygen atoms in total. The van der Waals surface area contributed by atoms with Crippen molar-refractivity contribution in [3.8, 4) is 44.5 Å². The first-order valence-electron chi connectivity index (χ1n) is 23.1. The molecule has 0 spiro atoms. The van der Waals surface area contributed by atoms with Gasteiger partial charge < -0.3 is 9.32 Å². The number of fused-ring (bicyclic) bond motifs is 7. The molecule has 0 unspecified atom stereocenters. The highest BCUT2D eigenvalue weighted by Gasteiger charge is 2.47. The molecule has 67 heavy (non-hydrogen) atoms. The Bertz CT molecular complexity index is 3750. The van der Waals surface area contributed by atoms with Crippen LogP contribution in [0.2, 0.25) is 0 Å². The van der Waals surface area contributed by atoms with Crippen LogP contribution in [0.25, 0.3) is 77.2 Å². The second-order valence-corrected chi connectivity index (χ2v) is 17.6. The average molecular weight is 854 g/mol. The largest absolute Gasteiger partial charge is 0.456 e. The molecule has 0 amide bonds. The highest BCUT2D eigenvalue weighted by Crippen LogP contribution is 2.60. The molecule has 1 aliphatic carbocycles. The molecular weight excluding hydrogens is 811 g/mol. The number of anilines is 3. The number of hydrogen-bond donors (Lipinski definition) is 0. The van der Waals surface area contributed by atoms with Crippen LogP contribution in [0.1, 0.15) is 22.3 Å². The van der Waals surface area contributed by atoms with Crippen LogP contribution in [-0.4, -0.2) is 0 Å². The Labute approximate surface area is 390 Å². The molecular formula is C65H43NO. The Morgan fingerprint density at radius 2 is 0.851 bits per heavy atom. The van der Waals surface area contributed by atoms with Crippen molar-refractivity contribution in [3.63, 3.8) is 0 Å². The van der Waals surface area contributed by atoms with Gasteiger partial charge in [0, 0.05) is 27.6 Å². The first kappa shape index (κ1) is 38.7. The summed E-state index contributed by atoms with van der Waals surface area (Å²) in [5, 5.41) is 4.73. The Hall–Kier alpha value is -8.72. The molecule has 0 radical (unpaired) electrons. The van der Waals surface area contributed by atoms with Gasteiger partial charge in [0.25, 0.3) is 0 Å². The van der Waals surface area contributed by atoms with Crippen molar-refractivity contribution in [3.05, 3.63) is 283 Å². The van der Waals surface area contributed by atoms with Gasteiger partial charge in [-0.1, -0.05) is 212 Å². The average Bonchev–Trinajstić information content (AvgIpc) is 3.93. The maximum atomic E-state index is 6.32. The molecule has 11 aromatic carbocycles. The van der Waals surface area contributed by atoms with E-state index in [1.54, 1.807) is 0 Å². The van der Waals surface area contributed by atoms with Crippen molar-refractivity contribution >= 4 is 49.8 Å². The minimum atomic E-state index is -0.536. The van der Waals surface area contributed by atoms with Crippen LogP contribution >= 0.6 is 0 Å². The molecule has 1 aromatic heterocycles. The van der Waals surface area contributed by atoms with Crippen molar-refractivity contribution in [2.24, 2.45) is 0 Å². The Balaban J connectivity index is 1.00. The van der Waals surface area contributed by atoms with Crippen LogP contribution in [-0.2, 0) is 5.41 Å². The van der Waals surface area contributed by atoms with Crippen molar-refractivity contribution in [2.75, 3.05) is 4.90 Å². The fourth-order valence-electron chi connectivity index (χ4n) is 10.9. The summed E-state index contributed by atoms with van der Waals surface area (Å²) in [4.78, 5) is 2.49. The van der Waals surface area contributed by atoms with Crippen molar-refractivity contribution in [1.29, 1.82) is 0 Å². The van der Waals surface area contributed by atoms with Gasteiger partial charge in [-0.2, -0.15) is 0 Å². The minimum absolute atomic E-state index is 0.536. The molecule has 0 N–H and O–H groups in total. The van der Waals surface area contributed by atoms with Gasteiger partial charge in [0.1, 0.15) is 11.2 Å². The number of furan rings is 1. The zero-order valence-electron chi connectivity index (χ0n) is 36.7. The quantitative estimate of drug-likeness (QED) is 0.151. The van der Waals surface area contributed by atoms with Crippen LogP contribution < -0.4 is 4.90 Å².